The Bertz CT molecular complexity index is 356. The lowest BCUT2D eigenvalue weighted by atomic mass is 9.98. The highest BCUT2D eigenvalue weighted by Crippen LogP contribution is 2.31. The van der Waals surface area contributed by atoms with Gasteiger partial charge in [0, 0.05) is 11.1 Å². The Balaban J connectivity index is 2.13. The average molecular weight is 249 g/mol. The number of thioether (sulfide) groups is 1. The number of benzene rings is 1. The second-order valence-corrected chi connectivity index (χ2v) is 5.37. The summed E-state index contributed by atoms with van der Waals surface area (Å²) in [6, 6.07) is 4.31. The quantitative estimate of drug-likeness (QED) is 0.722. The molecule has 1 aromatic carbocycles. The van der Waals surface area contributed by atoms with E-state index in [1.807, 2.05) is 0 Å². The van der Waals surface area contributed by atoms with Crippen LogP contribution in [0.2, 0.25) is 0 Å². The number of halogens is 3. The third-order valence-electron chi connectivity index (χ3n) is 2.63. The van der Waals surface area contributed by atoms with Gasteiger partial charge in [-0.1, -0.05) is 12.1 Å². The van der Waals surface area contributed by atoms with Crippen LogP contribution in [0.1, 0.15) is 5.56 Å². The first-order valence-electron chi connectivity index (χ1n) is 4.83. The van der Waals surface area contributed by atoms with Gasteiger partial charge in [-0.25, -0.2) is 8.78 Å². The highest BCUT2D eigenvalue weighted by molar-refractivity contribution is 7.99. The summed E-state index contributed by atoms with van der Waals surface area (Å²) in [5, 5.41) is 0.0812. The lowest BCUT2D eigenvalue weighted by molar-refractivity contribution is 0.486. The van der Waals surface area contributed by atoms with E-state index in [-0.39, 0.29) is 11.3 Å². The summed E-state index contributed by atoms with van der Waals surface area (Å²) >= 11 is 7.85. The van der Waals surface area contributed by atoms with Crippen molar-refractivity contribution in [2.45, 2.75) is 11.8 Å². The zero-order chi connectivity index (χ0) is 10.8. The molecule has 0 bridgehead atoms. The summed E-state index contributed by atoms with van der Waals surface area (Å²) < 4.78 is 26.3. The minimum Gasteiger partial charge on any atom is -0.204 e. The Morgan fingerprint density at radius 2 is 2.13 bits per heavy atom. The first kappa shape index (κ1) is 11.2. The van der Waals surface area contributed by atoms with Gasteiger partial charge in [-0.3, -0.25) is 0 Å². The lowest BCUT2D eigenvalue weighted by Gasteiger charge is -2.13. The molecule has 1 heterocycles. The molecule has 0 nitrogen and oxygen atoms in total. The molecule has 2 atom stereocenters. The fourth-order valence-electron chi connectivity index (χ4n) is 1.75. The first-order chi connectivity index (χ1) is 7.18. The Hall–Kier alpha value is -0.280. The molecule has 1 fully saturated rings. The highest BCUT2D eigenvalue weighted by atomic mass is 35.5. The van der Waals surface area contributed by atoms with E-state index in [1.54, 1.807) is 23.9 Å². The van der Waals surface area contributed by atoms with Crippen LogP contribution in [0.15, 0.2) is 18.2 Å². The Labute approximate surface area is 97.0 Å². The minimum absolute atomic E-state index is 0.0812. The van der Waals surface area contributed by atoms with E-state index in [4.69, 9.17) is 11.6 Å². The van der Waals surface area contributed by atoms with Crippen molar-refractivity contribution >= 4 is 23.4 Å². The van der Waals surface area contributed by atoms with Crippen molar-refractivity contribution < 1.29 is 8.78 Å². The van der Waals surface area contributed by atoms with Crippen LogP contribution >= 0.6 is 23.4 Å². The smallest absolute Gasteiger partial charge is 0.162 e. The first-order valence-corrected chi connectivity index (χ1v) is 6.42. The molecule has 0 aliphatic carbocycles. The van der Waals surface area contributed by atoms with E-state index in [0.29, 0.717) is 12.0 Å². The van der Waals surface area contributed by atoms with Crippen molar-refractivity contribution in [3.63, 3.8) is 0 Å². The van der Waals surface area contributed by atoms with Gasteiger partial charge in [0.2, 0.25) is 0 Å². The molecule has 82 valence electrons. The second kappa shape index (κ2) is 4.71. The normalized spacial score (nSPS) is 25.8. The highest BCUT2D eigenvalue weighted by Gasteiger charge is 2.27. The lowest BCUT2D eigenvalue weighted by Crippen LogP contribution is -2.15. The monoisotopic (exact) mass is 248 g/mol. The molecule has 4 heteroatoms. The number of hydrogen-bond acceptors (Lipinski definition) is 1. The van der Waals surface area contributed by atoms with Gasteiger partial charge in [0.15, 0.2) is 11.6 Å². The van der Waals surface area contributed by atoms with E-state index >= 15 is 0 Å². The molecule has 15 heavy (non-hydrogen) atoms. The third kappa shape index (κ3) is 2.45. The topological polar surface area (TPSA) is 0 Å². The molecule has 1 saturated heterocycles. The van der Waals surface area contributed by atoms with Crippen molar-refractivity contribution in [1.82, 2.24) is 0 Å². The SMILES string of the molecule is Fc1cccc(CC2CSCC2Cl)c1F. The average Bonchev–Trinajstić information content (AvgIpc) is 2.60. The summed E-state index contributed by atoms with van der Waals surface area (Å²) in [6.45, 7) is 0. The minimum atomic E-state index is -0.774. The Kier molecular flexibility index (Phi) is 3.52. The van der Waals surface area contributed by atoms with Crippen molar-refractivity contribution in [2.75, 3.05) is 11.5 Å². The third-order valence-corrected chi connectivity index (χ3v) is 4.59. The Morgan fingerprint density at radius 3 is 2.80 bits per heavy atom. The molecule has 0 saturated carbocycles. The molecular weight excluding hydrogens is 238 g/mol. The fraction of sp³-hybridized carbons (Fsp3) is 0.455. The zero-order valence-electron chi connectivity index (χ0n) is 8.05. The summed E-state index contributed by atoms with van der Waals surface area (Å²) in [5.74, 6) is 0.600. The largest absolute Gasteiger partial charge is 0.204 e. The summed E-state index contributed by atoms with van der Waals surface area (Å²) in [6.07, 6.45) is 0.533. The van der Waals surface area contributed by atoms with Crippen LogP contribution in [-0.2, 0) is 6.42 Å². The number of rotatable bonds is 2. The molecular formula is C11H11ClF2S. The molecule has 0 N–H and O–H groups in total. The van der Waals surface area contributed by atoms with E-state index in [9.17, 15) is 8.78 Å². The van der Waals surface area contributed by atoms with Gasteiger partial charge in [-0.15, -0.1) is 11.6 Å². The van der Waals surface area contributed by atoms with Gasteiger partial charge in [0.1, 0.15) is 0 Å². The molecule has 0 amide bonds. The zero-order valence-corrected chi connectivity index (χ0v) is 9.62. The molecule has 1 aromatic rings. The van der Waals surface area contributed by atoms with E-state index in [1.165, 1.54) is 0 Å². The molecule has 2 rings (SSSR count). The van der Waals surface area contributed by atoms with Crippen LogP contribution in [0.4, 0.5) is 8.78 Å². The molecule has 2 unspecified atom stereocenters. The van der Waals surface area contributed by atoms with E-state index < -0.39 is 11.6 Å². The van der Waals surface area contributed by atoms with Gasteiger partial charge in [0.25, 0.3) is 0 Å². The van der Waals surface area contributed by atoms with Crippen LogP contribution in [-0.4, -0.2) is 16.9 Å². The maximum Gasteiger partial charge on any atom is 0.162 e. The Morgan fingerprint density at radius 1 is 1.33 bits per heavy atom. The summed E-state index contributed by atoms with van der Waals surface area (Å²) in [5.41, 5.74) is 0.438. The van der Waals surface area contributed by atoms with Gasteiger partial charge in [-0.2, -0.15) is 11.8 Å². The van der Waals surface area contributed by atoms with E-state index in [2.05, 4.69) is 0 Å². The maximum atomic E-state index is 13.4. The van der Waals surface area contributed by atoms with Gasteiger partial charge >= 0.3 is 0 Å². The summed E-state index contributed by atoms with van der Waals surface area (Å²) in [7, 11) is 0. The molecule has 0 aromatic heterocycles. The number of alkyl halides is 1. The van der Waals surface area contributed by atoms with Gasteiger partial charge in [0.05, 0.1) is 0 Å². The van der Waals surface area contributed by atoms with Crippen molar-refractivity contribution in [1.29, 1.82) is 0 Å². The van der Waals surface area contributed by atoms with Crippen LogP contribution < -0.4 is 0 Å². The van der Waals surface area contributed by atoms with Crippen molar-refractivity contribution in [3.8, 4) is 0 Å². The summed E-state index contributed by atoms with van der Waals surface area (Å²) in [4.78, 5) is 0. The van der Waals surface area contributed by atoms with Crippen LogP contribution in [0.5, 0.6) is 0 Å². The molecule has 1 aliphatic heterocycles. The second-order valence-electron chi connectivity index (χ2n) is 3.73. The van der Waals surface area contributed by atoms with Crippen molar-refractivity contribution in [3.05, 3.63) is 35.4 Å². The van der Waals surface area contributed by atoms with E-state index in [0.717, 1.165) is 17.6 Å². The fourth-order valence-corrected chi connectivity index (χ4v) is 3.59. The predicted molar refractivity (Wildman–Crippen MR) is 60.5 cm³/mol. The predicted octanol–water partition coefficient (Wildman–Crippen LogP) is 3.48. The molecule has 0 spiro atoms. The van der Waals surface area contributed by atoms with Crippen LogP contribution in [0, 0.1) is 17.6 Å². The van der Waals surface area contributed by atoms with Crippen LogP contribution in [0.3, 0.4) is 0 Å². The number of hydrogen-bond donors (Lipinski definition) is 0. The molecule has 1 aliphatic rings. The standard InChI is InChI=1S/C11H11ClF2S/c12-9-6-15-5-8(9)4-7-2-1-3-10(13)11(7)14/h1-3,8-9H,4-6H2. The van der Waals surface area contributed by atoms with Crippen molar-refractivity contribution in [2.24, 2.45) is 5.92 Å². The van der Waals surface area contributed by atoms with Crippen LogP contribution in [0.25, 0.3) is 0 Å². The maximum absolute atomic E-state index is 13.4. The van der Waals surface area contributed by atoms with Gasteiger partial charge in [-0.05, 0) is 29.7 Å². The van der Waals surface area contributed by atoms with Gasteiger partial charge < -0.3 is 0 Å². The molecule has 0 radical (unpaired) electrons.